The zero-order chi connectivity index (χ0) is 17.1. The number of β-amino-alcohol motifs (C(OH)–C–C–N with tert-alkyl or cyclic N) is 1. The molecule has 2 aromatic carbocycles. The lowest BCUT2D eigenvalue weighted by Gasteiger charge is -2.13. The van der Waals surface area contributed by atoms with E-state index in [2.05, 4.69) is 21.2 Å². The summed E-state index contributed by atoms with van der Waals surface area (Å²) in [6, 6.07) is 15.6. The van der Waals surface area contributed by atoms with Crippen molar-refractivity contribution in [1.29, 1.82) is 0 Å². The van der Waals surface area contributed by atoms with E-state index in [1.54, 1.807) is 0 Å². The van der Waals surface area contributed by atoms with E-state index < -0.39 is 11.8 Å². The van der Waals surface area contributed by atoms with Crippen LogP contribution in [0.4, 0.5) is 5.69 Å². The fraction of sp³-hybridized carbons (Fsp3) is 0.111. The highest BCUT2D eigenvalue weighted by Crippen LogP contribution is 2.24. The van der Waals surface area contributed by atoms with Crippen molar-refractivity contribution in [1.82, 2.24) is 4.90 Å². The van der Waals surface area contributed by atoms with Crippen molar-refractivity contribution >= 4 is 33.4 Å². The van der Waals surface area contributed by atoms with E-state index in [9.17, 15) is 9.59 Å². The average molecular weight is 387 g/mol. The molecule has 0 aliphatic carbocycles. The first-order valence-corrected chi connectivity index (χ1v) is 8.19. The third kappa shape index (κ3) is 3.39. The second kappa shape index (κ2) is 6.98. The molecule has 0 spiro atoms. The molecule has 2 aromatic rings. The quantitative estimate of drug-likeness (QED) is 0.775. The van der Waals surface area contributed by atoms with Gasteiger partial charge in [0.25, 0.3) is 11.8 Å². The number of hydrogen-bond acceptors (Lipinski definition) is 4. The maximum absolute atomic E-state index is 12.1. The molecule has 122 valence electrons. The first-order valence-electron chi connectivity index (χ1n) is 7.40. The molecule has 6 heteroatoms. The summed E-state index contributed by atoms with van der Waals surface area (Å²) in [5, 5.41) is 11.9. The maximum Gasteiger partial charge on any atom is 0.277 e. The highest BCUT2D eigenvalue weighted by molar-refractivity contribution is 9.10. The summed E-state index contributed by atoms with van der Waals surface area (Å²) in [4.78, 5) is 24.8. The maximum atomic E-state index is 12.1. The summed E-state index contributed by atoms with van der Waals surface area (Å²) in [5.41, 5.74) is 3.07. The second-order valence-electron chi connectivity index (χ2n) is 5.29. The van der Waals surface area contributed by atoms with Crippen LogP contribution in [0.2, 0.25) is 0 Å². The largest absolute Gasteiger partial charge is 0.395 e. The van der Waals surface area contributed by atoms with Crippen LogP contribution in [0.25, 0.3) is 11.1 Å². The van der Waals surface area contributed by atoms with E-state index in [0.717, 1.165) is 20.5 Å². The number of halogens is 1. The molecule has 24 heavy (non-hydrogen) atoms. The topological polar surface area (TPSA) is 69.6 Å². The summed E-state index contributed by atoms with van der Waals surface area (Å²) in [7, 11) is 0. The Labute approximate surface area is 147 Å². The van der Waals surface area contributed by atoms with Gasteiger partial charge in [0, 0.05) is 16.2 Å². The number of rotatable bonds is 5. The van der Waals surface area contributed by atoms with E-state index in [0.29, 0.717) is 5.69 Å². The van der Waals surface area contributed by atoms with Crippen LogP contribution in [0.1, 0.15) is 0 Å². The predicted octanol–water partition coefficient (Wildman–Crippen LogP) is 2.77. The Kier molecular flexibility index (Phi) is 4.78. The van der Waals surface area contributed by atoms with Gasteiger partial charge in [-0.1, -0.05) is 40.2 Å². The Hall–Kier alpha value is -2.44. The average Bonchev–Trinajstić information content (AvgIpc) is 2.84. The Morgan fingerprint density at radius 3 is 2.12 bits per heavy atom. The lowest BCUT2D eigenvalue weighted by Crippen LogP contribution is -2.34. The van der Waals surface area contributed by atoms with Crippen LogP contribution >= 0.6 is 15.9 Å². The van der Waals surface area contributed by atoms with Gasteiger partial charge in [-0.05, 0) is 35.4 Å². The molecule has 1 aliphatic heterocycles. The molecule has 0 bridgehead atoms. The van der Waals surface area contributed by atoms with Crippen molar-refractivity contribution < 1.29 is 14.7 Å². The van der Waals surface area contributed by atoms with Crippen LogP contribution < -0.4 is 5.32 Å². The Morgan fingerprint density at radius 2 is 1.54 bits per heavy atom. The van der Waals surface area contributed by atoms with Crippen LogP contribution in [0.5, 0.6) is 0 Å². The van der Waals surface area contributed by atoms with Gasteiger partial charge in [-0.15, -0.1) is 0 Å². The van der Waals surface area contributed by atoms with Crippen molar-refractivity contribution in [3.05, 3.63) is 64.8 Å². The Balaban J connectivity index is 1.73. The number of benzene rings is 2. The molecular formula is C18H15BrN2O3. The third-order valence-corrected chi connectivity index (χ3v) is 4.20. The van der Waals surface area contributed by atoms with Gasteiger partial charge >= 0.3 is 0 Å². The molecule has 1 heterocycles. The third-order valence-electron chi connectivity index (χ3n) is 3.67. The van der Waals surface area contributed by atoms with Crippen molar-refractivity contribution in [2.45, 2.75) is 0 Å². The van der Waals surface area contributed by atoms with E-state index in [1.807, 2.05) is 48.5 Å². The lowest BCUT2D eigenvalue weighted by molar-refractivity contribution is -0.137. The summed E-state index contributed by atoms with van der Waals surface area (Å²) in [6.45, 7) is -0.248. The number of amides is 2. The zero-order valence-electron chi connectivity index (χ0n) is 12.7. The molecule has 1 aliphatic rings. The van der Waals surface area contributed by atoms with E-state index in [-0.39, 0.29) is 18.8 Å². The lowest BCUT2D eigenvalue weighted by atomic mass is 10.1. The van der Waals surface area contributed by atoms with E-state index in [4.69, 9.17) is 5.11 Å². The van der Waals surface area contributed by atoms with Gasteiger partial charge in [0.2, 0.25) is 0 Å². The highest BCUT2D eigenvalue weighted by Gasteiger charge is 2.30. The first-order chi connectivity index (χ1) is 11.6. The summed E-state index contributed by atoms with van der Waals surface area (Å²) in [5.74, 6) is -0.839. The molecule has 0 saturated carbocycles. The van der Waals surface area contributed by atoms with Gasteiger partial charge in [-0.25, -0.2) is 0 Å². The number of nitrogens with one attached hydrogen (secondary N) is 1. The highest BCUT2D eigenvalue weighted by atomic mass is 79.9. The molecule has 0 atom stereocenters. The van der Waals surface area contributed by atoms with Gasteiger partial charge in [0.05, 0.1) is 13.2 Å². The molecule has 0 aromatic heterocycles. The van der Waals surface area contributed by atoms with Crippen LogP contribution in [0.15, 0.2) is 64.8 Å². The van der Waals surface area contributed by atoms with Crippen LogP contribution in [-0.4, -0.2) is 35.0 Å². The smallest absolute Gasteiger partial charge is 0.277 e. The van der Waals surface area contributed by atoms with Crippen molar-refractivity contribution in [3.8, 4) is 11.1 Å². The number of imide groups is 1. The van der Waals surface area contributed by atoms with E-state index in [1.165, 1.54) is 6.08 Å². The van der Waals surface area contributed by atoms with E-state index >= 15 is 0 Å². The predicted molar refractivity (Wildman–Crippen MR) is 95.1 cm³/mol. The normalized spacial score (nSPS) is 14.1. The van der Waals surface area contributed by atoms with Gasteiger partial charge in [0.1, 0.15) is 5.70 Å². The molecule has 2 amide bonds. The molecule has 0 radical (unpaired) electrons. The number of anilines is 1. The fourth-order valence-electron chi connectivity index (χ4n) is 2.45. The molecule has 0 fully saturated rings. The molecular weight excluding hydrogens is 372 g/mol. The number of carbonyl (C=O) groups is 2. The first kappa shape index (κ1) is 16.4. The van der Waals surface area contributed by atoms with Crippen molar-refractivity contribution in [3.63, 3.8) is 0 Å². The minimum atomic E-state index is -0.425. The monoisotopic (exact) mass is 386 g/mol. The molecule has 5 nitrogen and oxygen atoms in total. The summed E-state index contributed by atoms with van der Waals surface area (Å²) in [6.07, 6.45) is 1.25. The number of carbonyl (C=O) groups excluding carboxylic acids is 2. The molecule has 0 unspecified atom stereocenters. The van der Waals surface area contributed by atoms with Crippen LogP contribution in [-0.2, 0) is 9.59 Å². The van der Waals surface area contributed by atoms with Crippen LogP contribution in [0.3, 0.4) is 0 Å². The Morgan fingerprint density at radius 1 is 0.958 bits per heavy atom. The second-order valence-corrected chi connectivity index (χ2v) is 6.20. The zero-order valence-corrected chi connectivity index (χ0v) is 14.3. The van der Waals surface area contributed by atoms with Gasteiger partial charge in [-0.2, -0.15) is 0 Å². The van der Waals surface area contributed by atoms with Gasteiger partial charge in [-0.3, -0.25) is 14.5 Å². The van der Waals surface area contributed by atoms with Gasteiger partial charge in [0.15, 0.2) is 0 Å². The summed E-state index contributed by atoms with van der Waals surface area (Å²) < 4.78 is 1.02. The van der Waals surface area contributed by atoms with Crippen molar-refractivity contribution in [2.75, 3.05) is 18.5 Å². The molecule has 3 rings (SSSR count). The number of aliphatic hydroxyl groups is 1. The summed E-state index contributed by atoms with van der Waals surface area (Å²) >= 11 is 3.41. The van der Waals surface area contributed by atoms with Crippen molar-refractivity contribution in [2.24, 2.45) is 0 Å². The number of aliphatic hydroxyl groups excluding tert-OH is 1. The Bertz CT molecular complexity index is 798. The minimum Gasteiger partial charge on any atom is -0.395 e. The minimum absolute atomic E-state index is 0.00184. The molecule has 0 saturated heterocycles. The number of hydrogen-bond donors (Lipinski definition) is 2. The van der Waals surface area contributed by atoms with Gasteiger partial charge < -0.3 is 10.4 Å². The SMILES string of the molecule is O=C1C=C(Nc2ccc(-c3ccc(Br)cc3)cc2)C(=O)N1CCO. The van der Waals surface area contributed by atoms with Crippen LogP contribution in [0, 0.1) is 0 Å². The molecule has 2 N–H and O–H groups in total. The fourth-order valence-corrected chi connectivity index (χ4v) is 2.72. The number of nitrogens with zero attached hydrogens (tertiary/aromatic N) is 1. The standard InChI is InChI=1S/C18H15BrN2O3/c19-14-5-1-12(2-6-14)13-3-7-15(8-4-13)20-16-11-17(23)21(9-10-22)18(16)24/h1-8,11,20,22H,9-10H2.